The Balaban J connectivity index is 2.54. The molecule has 1 aromatic carbocycles. The maximum absolute atomic E-state index is 11.0. The van der Waals surface area contributed by atoms with Gasteiger partial charge < -0.3 is 9.47 Å². The first kappa shape index (κ1) is 15.2. The molecule has 0 radical (unpaired) electrons. The van der Waals surface area contributed by atoms with Crippen LogP contribution in [0.25, 0.3) is 0 Å². The fraction of sp³-hybridized carbons (Fsp3) is 0.500. The van der Waals surface area contributed by atoms with Gasteiger partial charge in [-0.2, -0.15) is 0 Å². The smallest absolute Gasteiger partial charge is 0.153 e. The average molecular weight is 315 g/mol. The number of hydrogen-bond donors (Lipinski definition) is 0. The lowest BCUT2D eigenvalue weighted by Gasteiger charge is -2.12. The molecule has 18 heavy (non-hydrogen) atoms. The Morgan fingerprint density at radius 1 is 1.33 bits per heavy atom. The molecule has 100 valence electrons. The van der Waals surface area contributed by atoms with Crippen molar-refractivity contribution in [1.29, 1.82) is 0 Å². The Kier molecular flexibility index (Phi) is 6.36. The molecule has 0 bridgehead atoms. The lowest BCUT2D eigenvalue weighted by Crippen LogP contribution is -2.11. The molecule has 0 aliphatic heterocycles. The summed E-state index contributed by atoms with van der Waals surface area (Å²) in [5.41, 5.74) is 1.50. The van der Waals surface area contributed by atoms with Crippen LogP contribution in [-0.4, -0.2) is 26.1 Å². The average Bonchev–Trinajstić information content (AvgIpc) is 2.30. The summed E-state index contributed by atoms with van der Waals surface area (Å²) in [6, 6.07) is 3.68. The molecule has 4 heteroatoms. The van der Waals surface area contributed by atoms with Crippen LogP contribution in [0.4, 0.5) is 0 Å². The van der Waals surface area contributed by atoms with Gasteiger partial charge in [-0.3, -0.25) is 4.79 Å². The van der Waals surface area contributed by atoms with Crippen LogP contribution in [0.15, 0.2) is 16.6 Å². The Hall–Kier alpha value is -0.870. The summed E-state index contributed by atoms with van der Waals surface area (Å²) in [6.45, 7) is 7.84. The van der Waals surface area contributed by atoms with Crippen molar-refractivity contribution >= 4 is 22.2 Å². The van der Waals surface area contributed by atoms with Crippen LogP contribution >= 0.6 is 15.9 Å². The predicted molar refractivity (Wildman–Crippen MR) is 75.4 cm³/mol. The standard InChI is InChI=1S/C14H19BrO3/c1-10(2)9-17-4-5-18-14-11(3)6-13(15)7-12(14)8-16/h6-8,10H,4-5,9H2,1-3H3. The van der Waals surface area contributed by atoms with E-state index < -0.39 is 0 Å². The molecule has 0 unspecified atom stereocenters. The van der Waals surface area contributed by atoms with E-state index in [0.717, 1.165) is 22.9 Å². The first-order valence-electron chi connectivity index (χ1n) is 6.00. The SMILES string of the molecule is Cc1cc(Br)cc(C=O)c1OCCOCC(C)C. The van der Waals surface area contributed by atoms with E-state index >= 15 is 0 Å². The lowest BCUT2D eigenvalue weighted by molar-refractivity contribution is 0.0812. The number of rotatable bonds is 7. The van der Waals surface area contributed by atoms with Gasteiger partial charge in [0, 0.05) is 11.1 Å². The number of hydrogen-bond acceptors (Lipinski definition) is 3. The molecule has 1 rings (SSSR count). The molecule has 0 spiro atoms. The van der Waals surface area contributed by atoms with Gasteiger partial charge in [0.05, 0.1) is 12.2 Å². The van der Waals surface area contributed by atoms with Crippen molar-refractivity contribution in [2.24, 2.45) is 5.92 Å². The molecule has 0 aromatic heterocycles. The molecule has 0 atom stereocenters. The summed E-state index contributed by atoms with van der Waals surface area (Å²) in [5, 5.41) is 0. The number of ether oxygens (including phenoxy) is 2. The number of carbonyl (C=O) groups is 1. The molecule has 0 amide bonds. The van der Waals surface area contributed by atoms with Gasteiger partial charge in [0.15, 0.2) is 6.29 Å². The largest absolute Gasteiger partial charge is 0.490 e. The van der Waals surface area contributed by atoms with Crippen molar-refractivity contribution in [3.8, 4) is 5.75 Å². The fourth-order valence-corrected chi connectivity index (χ4v) is 2.15. The van der Waals surface area contributed by atoms with Gasteiger partial charge in [-0.15, -0.1) is 0 Å². The highest BCUT2D eigenvalue weighted by molar-refractivity contribution is 9.10. The second-order valence-electron chi connectivity index (χ2n) is 4.58. The Bertz CT molecular complexity index is 402. The fourth-order valence-electron chi connectivity index (χ4n) is 1.56. The minimum atomic E-state index is 0.454. The monoisotopic (exact) mass is 314 g/mol. The van der Waals surface area contributed by atoms with Crippen LogP contribution in [0, 0.1) is 12.8 Å². The summed E-state index contributed by atoms with van der Waals surface area (Å²) in [7, 11) is 0. The number of aryl methyl sites for hydroxylation is 1. The van der Waals surface area contributed by atoms with Gasteiger partial charge in [0.2, 0.25) is 0 Å². The topological polar surface area (TPSA) is 35.5 Å². The van der Waals surface area contributed by atoms with E-state index in [4.69, 9.17) is 9.47 Å². The van der Waals surface area contributed by atoms with Crippen LogP contribution in [0.5, 0.6) is 5.75 Å². The highest BCUT2D eigenvalue weighted by Crippen LogP contribution is 2.26. The van der Waals surface area contributed by atoms with Crippen LogP contribution in [0.3, 0.4) is 0 Å². The summed E-state index contributed by atoms with van der Waals surface area (Å²) in [6.07, 6.45) is 0.808. The van der Waals surface area contributed by atoms with E-state index in [0.29, 0.717) is 30.4 Å². The van der Waals surface area contributed by atoms with E-state index in [1.807, 2.05) is 13.0 Å². The predicted octanol–water partition coefficient (Wildman–Crippen LogP) is 3.62. The molecular formula is C14H19BrO3. The van der Waals surface area contributed by atoms with Crippen LogP contribution in [-0.2, 0) is 4.74 Å². The summed E-state index contributed by atoms with van der Waals surface area (Å²) < 4.78 is 11.9. The first-order valence-corrected chi connectivity index (χ1v) is 6.79. The maximum atomic E-state index is 11.0. The highest BCUT2D eigenvalue weighted by Gasteiger charge is 2.08. The number of benzene rings is 1. The van der Waals surface area contributed by atoms with Crippen molar-refractivity contribution in [3.63, 3.8) is 0 Å². The van der Waals surface area contributed by atoms with E-state index in [1.54, 1.807) is 6.07 Å². The van der Waals surface area contributed by atoms with Crippen LogP contribution in [0.1, 0.15) is 29.8 Å². The number of carbonyl (C=O) groups excluding carboxylic acids is 1. The van der Waals surface area contributed by atoms with E-state index in [9.17, 15) is 4.79 Å². The minimum Gasteiger partial charge on any atom is -0.490 e. The van der Waals surface area contributed by atoms with E-state index in [2.05, 4.69) is 29.8 Å². The molecule has 0 aliphatic carbocycles. The van der Waals surface area contributed by atoms with Gasteiger partial charge in [-0.05, 0) is 30.5 Å². The zero-order valence-electron chi connectivity index (χ0n) is 11.0. The summed E-state index contributed by atoms with van der Waals surface area (Å²) >= 11 is 3.36. The Morgan fingerprint density at radius 3 is 2.67 bits per heavy atom. The molecule has 0 heterocycles. The summed E-state index contributed by atoms with van der Waals surface area (Å²) in [4.78, 5) is 11.0. The molecule has 1 aromatic rings. The van der Waals surface area contributed by atoms with Crippen molar-refractivity contribution in [2.45, 2.75) is 20.8 Å². The lowest BCUT2D eigenvalue weighted by atomic mass is 10.1. The Morgan fingerprint density at radius 2 is 2.06 bits per heavy atom. The zero-order valence-corrected chi connectivity index (χ0v) is 12.6. The van der Waals surface area contributed by atoms with Crippen molar-refractivity contribution < 1.29 is 14.3 Å². The maximum Gasteiger partial charge on any atom is 0.153 e. The second-order valence-corrected chi connectivity index (χ2v) is 5.49. The molecule has 3 nitrogen and oxygen atoms in total. The van der Waals surface area contributed by atoms with Gasteiger partial charge in [0.25, 0.3) is 0 Å². The van der Waals surface area contributed by atoms with Crippen LogP contribution in [0.2, 0.25) is 0 Å². The highest BCUT2D eigenvalue weighted by atomic mass is 79.9. The number of halogens is 1. The van der Waals surface area contributed by atoms with Gasteiger partial charge in [-0.1, -0.05) is 29.8 Å². The second kappa shape index (κ2) is 7.54. The molecule has 0 saturated carbocycles. The summed E-state index contributed by atoms with van der Waals surface area (Å²) in [5.74, 6) is 1.16. The molecule has 0 fully saturated rings. The molecule has 0 saturated heterocycles. The third-order valence-corrected chi connectivity index (χ3v) is 2.78. The first-order chi connectivity index (χ1) is 8.54. The van der Waals surface area contributed by atoms with E-state index in [-0.39, 0.29) is 0 Å². The minimum absolute atomic E-state index is 0.454. The molecular weight excluding hydrogens is 296 g/mol. The third kappa shape index (κ3) is 4.78. The van der Waals surface area contributed by atoms with E-state index in [1.165, 1.54) is 0 Å². The number of aldehydes is 1. The molecule has 0 N–H and O–H groups in total. The normalized spacial score (nSPS) is 10.7. The quantitative estimate of drug-likeness (QED) is 0.569. The third-order valence-electron chi connectivity index (χ3n) is 2.32. The van der Waals surface area contributed by atoms with Crippen molar-refractivity contribution in [2.75, 3.05) is 19.8 Å². The van der Waals surface area contributed by atoms with Crippen LogP contribution < -0.4 is 4.74 Å². The van der Waals surface area contributed by atoms with Crippen molar-refractivity contribution in [3.05, 3.63) is 27.7 Å². The van der Waals surface area contributed by atoms with Gasteiger partial charge >= 0.3 is 0 Å². The van der Waals surface area contributed by atoms with Crippen molar-refractivity contribution in [1.82, 2.24) is 0 Å². The van der Waals surface area contributed by atoms with Gasteiger partial charge in [-0.25, -0.2) is 0 Å². The Labute approximate surface area is 117 Å². The zero-order chi connectivity index (χ0) is 13.5. The van der Waals surface area contributed by atoms with Gasteiger partial charge in [0.1, 0.15) is 12.4 Å². The molecule has 0 aliphatic rings.